The second-order valence-electron chi connectivity index (χ2n) is 7.78. The second kappa shape index (κ2) is 8.17. The summed E-state index contributed by atoms with van der Waals surface area (Å²) in [6.07, 6.45) is 0.852. The second-order valence-corrected chi connectivity index (χ2v) is 9.23. The SMILES string of the molecule is CCc1ccc(C2C(C(=O)c3ccc(C)o3)=C(O)C(=O)N2c2nc3ccc(Cl)cc3s2)cc1. The number of carbonyl (C=O) groups excluding carboxylic acids is 2. The Balaban J connectivity index is 1.67. The van der Waals surface area contributed by atoms with Crippen molar-refractivity contribution in [3.63, 3.8) is 0 Å². The Morgan fingerprint density at radius 2 is 1.94 bits per heavy atom. The van der Waals surface area contributed by atoms with Crippen LogP contribution in [0.5, 0.6) is 0 Å². The van der Waals surface area contributed by atoms with Gasteiger partial charge in [0.25, 0.3) is 5.91 Å². The highest BCUT2D eigenvalue weighted by atomic mass is 35.5. The van der Waals surface area contributed by atoms with E-state index in [1.54, 1.807) is 37.3 Å². The third-order valence-electron chi connectivity index (χ3n) is 5.67. The van der Waals surface area contributed by atoms with Gasteiger partial charge in [0.15, 0.2) is 16.7 Å². The average molecular weight is 479 g/mol. The van der Waals surface area contributed by atoms with Crippen molar-refractivity contribution in [2.75, 3.05) is 4.90 Å². The molecule has 0 aliphatic carbocycles. The molecule has 1 atom stereocenters. The predicted molar refractivity (Wildman–Crippen MR) is 128 cm³/mol. The van der Waals surface area contributed by atoms with Crippen molar-refractivity contribution in [1.29, 1.82) is 0 Å². The highest BCUT2D eigenvalue weighted by Crippen LogP contribution is 2.44. The maximum Gasteiger partial charge on any atom is 0.296 e. The summed E-state index contributed by atoms with van der Waals surface area (Å²) in [7, 11) is 0. The lowest BCUT2D eigenvalue weighted by Crippen LogP contribution is -2.31. The Kier molecular flexibility index (Phi) is 5.31. The number of Topliss-reactive ketones (excluding diaryl/α,β-unsaturated/α-hetero) is 1. The van der Waals surface area contributed by atoms with Gasteiger partial charge < -0.3 is 9.52 Å². The first-order valence-electron chi connectivity index (χ1n) is 10.4. The minimum atomic E-state index is -0.850. The van der Waals surface area contributed by atoms with Crippen molar-refractivity contribution in [2.45, 2.75) is 26.3 Å². The monoisotopic (exact) mass is 478 g/mol. The van der Waals surface area contributed by atoms with Gasteiger partial charge >= 0.3 is 0 Å². The molecule has 2 aromatic carbocycles. The van der Waals surface area contributed by atoms with Crippen LogP contribution in [0, 0.1) is 6.92 Å². The van der Waals surface area contributed by atoms with Gasteiger partial charge in [-0.1, -0.05) is 54.1 Å². The van der Waals surface area contributed by atoms with E-state index in [-0.39, 0.29) is 11.3 Å². The smallest absolute Gasteiger partial charge is 0.296 e. The molecule has 0 spiro atoms. The quantitative estimate of drug-likeness (QED) is 0.345. The van der Waals surface area contributed by atoms with E-state index in [4.69, 9.17) is 16.0 Å². The summed E-state index contributed by atoms with van der Waals surface area (Å²) in [6.45, 7) is 3.77. The molecule has 33 heavy (non-hydrogen) atoms. The van der Waals surface area contributed by atoms with Crippen LogP contribution in [0.2, 0.25) is 5.02 Å². The normalized spacial score (nSPS) is 16.3. The summed E-state index contributed by atoms with van der Waals surface area (Å²) >= 11 is 7.39. The summed E-state index contributed by atoms with van der Waals surface area (Å²) in [6, 6.07) is 15.3. The summed E-state index contributed by atoms with van der Waals surface area (Å²) < 4.78 is 6.31. The summed E-state index contributed by atoms with van der Waals surface area (Å²) in [5.41, 5.74) is 2.45. The molecule has 1 aliphatic rings. The topological polar surface area (TPSA) is 83.6 Å². The van der Waals surface area contributed by atoms with E-state index in [0.29, 0.717) is 27.0 Å². The number of aromatic nitrogens is 1. The van der Waals surface area contributed by atoms with E-state index in [0.717, 1.165) is 16.7 Å². The third kappa shape index (κ3) is 3.63. The lowest BCUT2D eigenvalue weighted by molar-refractivity contribution is -0.117. The lowest BCUT2D eigenvalue weighted by atomic mass is 9.94. The highest BCUT2D eigenvalue weighted by Gasteiger charge is 2.46. The van der Waals surface area contributed by atoms with Crippen LogP contribution >= 0.6 is 22.9 Å². The lowest BCUT2D eigenvalue weighted by Gasteiger charge is -2.24. The number of amides is 1. The van der Waals surface area contributed by atoms with Crippen LogP contribution in [0.1, 0.15) is 40.4 Å². The fourth-order valence-electron chi connectivity index (χ4n) is 3.96. The maximum absolute atomic E-state index is 13.4. The van der Waals surface area contributed by atoms with Crippen LogP contribution in [0.15, 0.2) is 70.3 Å². The molecule has 0 fully saturated rings. The van der Waals surface area contributed by atoms with Crippen LogP contribution in [0.25, 0.3) is 10.2 Å². The van der Waals surface area contributed by atoms with E-state index in [1.807, 2.05) is 31.2 Å². The molecule has 4 aromatic rings. The molecule has 1 unspecified atom stereocenters. The number of carbonyl (C=O) groups is 2. The van der Waals surface area contributed by atoms with Gasteiger partial charge in [-0.05, 0) is 54.8 Å². The van der Waals surface area contributed by atoms with Gasteiger partial charge in [0, 0.05) is 5.02 Å². The van der Waals surface area contributed by atoms with E-state index in [2.05, 4.69) is 4.98 Å². The molecule has 6 nitrogen and oxygen atoms in total. The number of fused-ring (bicyclic) bond motifs is 1. The number of aliphatic hydroxyl groups is 1. The molecule has 2 aromatic heterocycles. The summed E-state index contributed by atoms with van der Waals surface area (Å²) in [5.74, 6) is -1.20. The van der Waals surface area contributed by atoms with Crippen molar-refractivity contribution in [3.8, 4) is 0 Å². The van der Waals surface area contributed by atoms with Gasteiger partial charge in [-0.15, -0.1) is 0 Å². The Morgan fingerprint density at radius 1 is 1.18 bits per heavy atom. The molecule has 0 radical (unpaired) electrons. The summed E-state index contributed by atoms with van der Waals surface area (Å²) in [5, 5.41) is 11.8. The van der Waals surface area contributed by atoms with Crippen LogP contribution in [0.4, 0.5) is 5.13 Å². The first kappa shape index (κ1) is 21.4. The minimum absolute atomic E-state index is 0.0316. The van der Waals surface area contributed by atoms with Gasteiger partial charge in [0.05, 0.1) is 21.8 Å². The zero-order valence-electron chi connectivity index (χ0n) is 17.8. The number of nitrogens with zero attached hydrogens (tertiary/aromatic N) is 2. The number of furan rings is 1. The van der Waals surface area contributed by atoms with E-state index < -0.39 is 23.5 Å². The van der Waals surface area contributed by atoms with Crippen molar-refractivity contribution < 1.29 is 19.1 Å². The zero-order chi connectivity index (χ0) is 23.3. The Bertz CT molecular complexity index is 1430. The molecule has 1 aliphatic heterocycles. The highest BCUT2D eigenvalue weighted by molar-refractivity contribution is 7.22. The molecule has 0 saturated heterocycles. The number of hydrogen-bond acceptors (Lipinski definition) is 6. The Morgan fingerprint density at radius 3 is 2.61 bits per heavy atom. The van der Waals surface area contributed by atoms with Crippen molar-refractivity contribution in [2.24, 2.45) is 0 Å². The molecule has 1 N–H and O–H groups in total. The van der Waals surface area contributed by atoms with Gasteiger partial charge in [0.1, 0.15) is 5.76 Å². The van der Waals surface area contributed by atoms with Crippen molar-refractivity contribution in [1.82, 2.24) is 4.98 Å². The number of halogens is 1. The average Bonchev–Trinajstić information content (AvgIpc) is 3.49. The van der Waals surface area contributed by atoms with E-state index >= 15 is 0 Å². The first-order chi connectivity index (χ1) is 15.9. The molecular formula is C25H19ClN2O4S. The van der Waals surface area contributed by atoms with Crippen molar-refractivity contribution >= 4 is 50.0 Å². The molecule has 0 bridgehead atoms. The number of hydrogen-bond donors (Lipinski definition) is 1. The van der Waals surface area contributed by atoms with Crippen LogP contribution in [0.3, 0.4) is 0 Å². The van der Waals surface area contributed by atoms with Crippen LogP contribution in [-0.4, -0.2) is 21.8 Å². The first-order valence-corrected chi connectivity index (χ1v) is 11.6. The molecule has 8 heteroatoms. The Hall–Kier alpha value is -3.42. The van der Waals surface area contributed by atoms with Gasteiger partial charge in [-0.25, -0.2) is 4.98 Å². The standard InChI is InChI=1S/C25H19ClN2O4S/c1-3-14-5-7-15(8-6-14)21-20(22(29)18-11-4-13(2)32-18)23(30)24(31)28(21)25-27-17-10-9-16(26)12-19(17)33-25/h4-12,21,30H,3H2,1-2H3. The number of thiazole rings is 1. The number of aliphatic hydroxyl groups excluding tert-OH is 1. The molecular weight excluding hydrogens is 460 g/mol. The van der Waals surface area contributed by atoms with E-state index in [1.165, 1.54) is 16.2 Å². The largest absolute Gasteiger partial charge is 0.503 e. The fraction of sp³-hybridized carbons (Fsp3) is 0.160. The third-order valence-corrected chi connectivity index (χ3v) is 6.92. The fourth-order valence-corrected chi connectivity index (χ4v) is 5.23. The molecule has 3 heterocycles. The molecule has 0 saturated carbocycles. The molecule has 1 amide bonds. The molecule has 166 valence electrons. The number of ketones is 1. The van der Waals surface area contributed by atoms with Gasteiger partial charge in [0.2, 0.25) is 5.78 Å². The predicted octanol–water partition coefficient (Wildman–Crippen LogP) is 6.20. The molecule has 5 rings (SSSR count). The van der Waals surface area contributed by atoms with Crippen LogP contribution in [-0.2, 0) is 11.2 Å². The van der Waals surface area contributed by atoms with Crippen LogP contribution < -0.4 is 4.90 Å². The number of rotatable bonds is 5. The number of aryl methyl sites for hydroxylation is 2. The van der Waals surface area contributed by atoms with Crippen molar-refractivity contribution in [3.05, 3.63) is 93.6 Å². The van der Waals surface area contributed by atoms with Gasteiger partial charge in [-0.3, -0.25) is 14.5 Å². The number of benzene rings is 2. The van der Waals surface area contributed by atoms with E-state index in [9.17, 15) is 14.7 Å². The zero-order valence-corrected chi connectivity index (χ0v) is 19.4. The Labute approximate surface area is 198 Å². The van der Waals surface area contributed by atoms with Gasteiger partial charge in [-0.2, -0.15) is 0 Å². The summed E-state index contributed by atoms with van der Waals surface area (Å²) in [4.78, 5) is 32.6. The number of anilines is 1. The minimum Gasteiger partial charge on any atom is -0.503 e. The maximum atomic E-state index is 13.4.